The van der Waals surface area contributed by atoms with Gasteiger partial charge in [0, 0.05) is 0 Å². The van der Waals surface area contributed by atoms with Gasteiger partial charge < -0.3 is 4.74 Å². The lowest BCUT2D eigenvalue weighted by atomic mass is 9.96. The van der Waals surface area contributed by atoms with Crippen molar-refractivity contribution in [2.24, 2.45) is 4.99 Å². The Balaban J connectivity index is 2.13. The van der Waals surface area contributed by atoms with E-state index in [-0.39, 0.29) is 5.54 Å². The molecule has 0 atom stereocenters. The number of carbonyl (C=O) groups excluding carboxylic acids is 1. The van der Waals surface area contributed by atoms with Crippen LogP contribution in [-0.2, 0) is 28.3 Å². The molecular formula is C12H11NO2. The summed E-state index contributed by atoms with van der Waals surface area (Å²) in [5.74, 6) is 0. The van der Waals surface area contributed by atoms with Gasteiger partial charge >= 0.3 is 0 Å². The van der Waals surface area contributed by atoms with Crippen LogP contribution in [0.15, 0.2) is 23.2 Å². The Morgan fingerprint density at radius 2 is 2.20 bits per heavy atom. The van der Waals surface area contributed by atoms with Crippen molar-refractivity contribution < 1.29 is 9.53 Å². The van der Waals surface area contributed by atoms with Gasteiger partial charge in [0.05, 0.1) is 18.8 Å². The molecule has 0 spiro atoms. The number of hydrogen-bond donors (Lipinski definition) is 0. The Kier molecular flexibility index (Phi) is 1.78. The third-order valence-corrected chi connectivity index (χ3v) is 3.26. The molecule has 2 aliphatic rings. The average Bonchev–Trinajstić information content (AvgIpc) is 2.88. The van der Waals surface area contributed by atoms with Gasteiger partial charge in [0.25, 0.3) is 0 Å². The van der Waals surface area contributed by atoms with Crippen molar-refractivity contribution in [3.8, 4) is 0 Å². The summed E-state index contributed by atoms with van der Waals surface area (Å²) in [6.07, 6.45) is 3.61. The smallest absolute Gasteiger partial charge is 0.235 e. The molecule has 1 aliphatic carbocycles. The van der Waals surface area contributed by atoms with Crippen LogP contribution >= 0.6 is 0 Å². The monoisotopic (exact) mass is 201 g/mol. The minimum absolute atomic E-state index is 0.263. The van der Waals surface area contributed by atoms with E-state index in [0.717, 1.165) is 12.8 Å². The first-order chi connectivity index (χ1) is 7.36. The first-order valence-corrected chi connectivity index (χ1v) is 5.14. The van der Waals surface area contributed by atoms with E-state index in [9.17, 15) is 4.79 Å². The number of aliphatic imine (C=N–C) groups is 1. The van der Waals surface area contributed by atoms with Gasteiger partial charge in [0.15, 0.2) is 0 Å². The van der Waals surface area contributed by atoms with E-state index in [1.54, 1.807) is 6.08 Å². The Morgan fingerprint density at radius 1 is 1.33 bits per heavy atom. The van der Waals surface area contributed by atoms with Crippen molar-refractivity contribution in [3.05, 3.63) is 34.9 Å². The third-order valence-electron chi connectivity index (χ3n) is 3.26. The van der Waals surface area contributed by atoms with Crippen molar-refractivity contribution in [2.45, 2.75) is 31.6 Å². The molecule has 0 unspecified atom stereocenters. The molecule has 76 valence electrons. The molecule has 0 aromatic heterocycles. The van der Waals surface area contributed by atoms with Crippen molar-refractivity contribution in [1.82, 2.24) is 0 Å². The zero-order chi connectivity index (χ0) is 10.3. The molecule has 0 saturated heterocycles. The summed E-state index contributed by atoms with van der Waals surface area (Å²) in [6, 6.07) is 6.15. The van der Waals surface area contributed by atoms with E-state index in [0.29, 0.717) is 13.2 Å². The maximum atomic E-state index is 10.4. The first-order valence-electron chi connectivity index (χ1n) is 5.14. The van der Waals surface area contributed by atoms with Crippen LogP contribution in [0.4, 0.5) is 0 Å². The normalized spacial score (nSPS) is 20.5. The summed E-state index contributed by atoms with van der Waals surface area (Å²) in [5.41, 5.74) is 3.37. The second kappa shape index (κ2) is 3.02. The summed E-state index contributed by atoms with van der Waals surface area (Å²) in [5, 5.41) is 0. The SMILES string of the molecule is O=C=NC1(c2cccc3c2COC3)CC1. The Labute approximate surface area is 87.8 Å². The molecule has 1 aromatic carbocycles. The largest absolute Gasteiger partial charge is 0.372 e. The number of isocyanates is 1. The lowest BCUT2D eigenvalue weighted by Gasteiger charge is -2.12. The second-order valence-electron chi connectivity index (χ2n) is 4.17. The maximum Gasteiger partial charge on any atom is 0.235 e. The van der Waals surface area contributed by atoms with Gasteiger partial charge in [-0.25, -0.2) is 4.79 Å². The fraction of sp³-hybridized carbons (Fsp3) is 0.417. The van der Waals surface area contributed by atoms with Crippen LogP contribution in [0.3, 0.4) is 0 Å². The van der Waals surface area contributed by atoms with Gasteiger partial charge in [-0.3, -0.25) is 0 Å². The van der Waals surface area contributed by atoms with Crippen LogP contribution in [-0.4, -0.2) is 6.08 Å². The zero-order valence-electron chi connectivity index (χ0n) is 8.32. The Hall–Kier alpha value is -1.44. The average molecular weight is 201 g/mol. The summed E-state index contributed by atoms with van der Waals surface area (Å²) < 4.78 is 5.42. The molecule has 3 rings (SSSR count). The van der Waals surface area contributed by atoms with Crippen molar-refractivity contribution in [3.63, 3.8) is 0 Å². The van der Waals surface area contributed by atoms with Crippen LogP contribution in [0.25, 0.3) is 0 Å². The molecule has 0 amide bonds. The minimum atomic E-state index is -0.263. The van der Waals surface area contributed by atoms with Gasteiger partial charge in [-0.05, 0) is 29.5 Å². The van der Waals surface area contributed by atoms with Crippen LogP contribution in [0.5, 0.6) is 0 Å². The molecule has 15 heavy (non-hydrogen) atoms. The van der Waals surface area contributed by atoms with E-state index in [1.807, 2.05) is 6.07 Å². The number of ether oxygens (including phenoxy) is 1. The Morgan fingerprint density at radius 3 is 2.93 bits per heavy atom. The quantitative estimate of drug-likeness (QED) is 0.542. The van der Waals surface area contributed by atoms with Crippen molar-refractivity contribution >= 4 is 6.08 Å². The third kappa shape index (κ3) is 1.24. The van der Waals surface area contributed by atoms with E-state index in [4.69, 9.17) is 4.74 Å². The number of fused-ring (bicyclic) bond motifs is 1. The van der Waals surface area contributed by atoms with Gasteiger partial charge in [-0.2, -0.15) is 4.99 Å². The molecule has 1 aromatic rings. The maximum absolute atomic E-state index is 10.4. The summed E-state index contributed by atoms with van der Waals surface area (Å²) in [4.78, 5) is 14.4. The summed E-state index contributed by atoms with van der Waals surface area (Å²) in [7, 11) is 0. The molecular weight excluding hydrogens is 190 g/mol. The number of hydrogen-bond acceptors (Lipinski definition) is 3. The topological polar surface area (TPSA) is 38.7 Å². The molecule has 0 bridgehead atoms. The van der Waals surface area contributed by atoms with Crippen LogP contribution in [0.1, 0.15) is 29.5 Å². The first kappa shape index (κ1) is 8.84. The predicted octanol–water partition coefficient (Wildman–Crippen LogP) is 2.04. The lowest BCUT2D eigenvalue weighted by molar-refractivity contribution is 0.134. The minimum Gasteiger partial charge on any atom is -0.372 e. The van der Waals surface area contributed by atoms with E-state index >= 15 is 0 Å². The van der Waals surface area contributed by atoms with E-state index < -0.39 is 0 Å². The second-order valence-corrected chi connectivity index (χ2v) is 4.17. The Bertz CT molecular complexity index is 457. The van der Waals surface area contributed by atoms with Crippen molar-refractivity contribution in [1.29, 1.82) is 0 Å². The number of benzene rings is 1. The molecule has 3 heteroatoms. The summed E-state index contributed by atoms with van der Waals surface area (Å²) in [6.45, 7) is 1.34. The lowest BCUT2D eigenvalue weighted by Crippen LogP contribution is -2.06. The van der Waals surface area contributed by atoms with E-state index in [1.165, 1.54) is 16.7 Å². The number of nitrogens with zero attached hydrogens (tertiary/aromatic N) is 1. The highest BCUT2D eigenvalue weighted by atomic mass is 16.5. The standard InChI is InChI=1S/C12H11NO2/c14-8-13-12(4-5-12)11-3-1-2-9-6-15-7-10(9)11/h1-3H,4-7H2. The van der Waals surface area contributed by atoms with Crippen LogP contribution in [0, 0.1) is 0 Å². The van der Waals surface area contributed by atoms with Crippen molar-refractivity contribution in [2.75, 3.05) is 0 Å². The molecule has 3 nitrogen and oxygen atoms in total. The molecule has 0 N–H and O–H groups in total. The molecule has 1 fully saturated rings. The van der Waals surface area contributed by atoms with Crippen LogP contribution in [0.2, 0.25) is 0 Å². The van der Waals surface area contributed by atoms with E-state index in [2.05, 4.69) is 17.1 Å². The highest BCUT2D eigenvalue weighted by molar-refractivity contribution is 5.47. The molecule has 1 saturated carbocycles. The molecule has 0 radical (unpaired) electrons. The number of rotatable bonds is 2. The highest BCUT2D eigenvalue weighted by Gasteiger charge is 2.46. The van der Waals surface area contributed by atoms with Gasteiger partial charge in [0.2, 0.25) is 6.08 Å². The predicted molar refractivity (Wildman–Crippen MR) is 54.0 cm³/mol. The fourth-order valence-corrected chi connectivity index (χ4v) is 2.29. The molecule has 1 aliphatic heterocycles. The van der Waals surface area contributed by atoms with Gasteiger partial charge in [-0.1, -0.05) is 18.2 Å². The fourth-order valence-electron chi connectivity index (χ4n) is 2.29. The highest BCUT2D eigenvalue weighted by Crippen LogP contribution is 2.51. The summed E-state index contributed by atoms with van der Waals surface area (Å²) >= 11 is 0. The van der Waals surface area contributed by atoms with Gasteiger partial charge in [-0.15, -0.1) is 0 Å². The van der Waals surface area contributed by atoms with Crippen LogP contribution < -0.4 is 0 Å². The van der Waals surface area contributed by atoms with Gasteiger partial charge in [0.1, 0.15) is 0 Å². The molecule has 1 heterocycles. The zero-order valence-corrected chi connectivity index (χ0v) is 8.32.